The molecular weight excluding hydrogens is 332 g/mol. The highest BCUT2D eigenvalue weighted by Crippen LogP contribution is 2.39. The molecule has 0 spiro atoms. The smallest absolute Gasteiger partial charge is 0.391 e. The van der Waals surface area contributed by atoms with E-state index in [1.807, 2.05) is 12.3 Å². The number of hydrogen-bond donors (Lipinski definition) is 1. The van der Waals surface area contributed by atoms with Crippen molar-refractivity contribution < 1.29 is 9.53 Å². The number of nitrogens with two attached hydrogens (primary N) is 1. The van der Waals surface area contributed by atoms with Crippen molar-refractivity contribution in [3.05, 3.63) is 54.2 Å². The minimum atomic E-state index is -0.899. The molecule has 8 heteroatoms. The van der Waals surface area contributed by atoms with Crippen LogP contribution in [0.3, 0.4) is 0 Å². The van der Waals surface area contributed by atoms with Crippen molar-refractivity contribution in [2.75, 3.05) is 0 Å². The number of hydrogen-bond acceptors (Lipinski definition) is 5. The third-order valence-corrected chi connectivity index (χ3v) is 4.62. The Kier molecular flexibility index (Phi) is 3.18. The van der Waals surface area contributed by atoms with Gasteiger partial charge in [0.15, 0.2) is 0 Å². The quantitative estimate of drug-likeness (QED) is 0.610. The first kappa shape index (κ1) is 14.9. The summed E-state index contributed by atoms with van der Waals surface area (Å²) in [7, 11) is 0. The van der Waals surface area contributed by atoms with Crippen LogP contribution in [-0.4, -0.2) is 30.2 Å². The van der Waals surface area contributed by atoms with E-state index >= 15 is 0 Å². The Morgan fingerprint density at radius 1 is 1.27 bits per heavy atom. The van der Waals surface area contributed by atoms with E-state index in [2.05, 4.69) is 37.8 Å². The maximum absolute atomic E-state index is 11.0. The average molecular weight is 348 g/mol. The number of fused-ring (bicyclic) bond motifs is 2. The van der Waals surface area contributed by atoms with Gasteiger partial charge in [0.1, 0.15) is 5.65 Å². The van der Waals surface area contributed by atoms with Crippen LogP contribution in [0.5, 0.6) is 5.88 Å². The molecule has 1 aliphatic rings. The molecule has 0 atom stereocenters. The standard InChI is InChI=1S/C18H16N6O2/c19-18(25)26-17-14-7-21-24(15(14)5-6-20-17)10-13-9-23-8-12(11-1-2-11)3-4-16(23)22-13/h3-9,11H,1-2,10H2,(H2,19,25). The lowest BCUT2D eigenvalue weighted by Gasteiger charge is -2.03. The zero-order valence-corrected chi connectivity index (χ0v) is 13.9. The molecule has 0 aromatic carbocycles. The van der Waals surface area contributed by atoms with E-state index in [0.29, 0.717) is 17.8 Å². The van der Waals surface area contributed by atoms with Crippen molar-refractivity contribution in [3.63, 3.8) is 0 Å². The van der Waals surface area contributed by atoms with Crippen molar-refractivity contribution in [1.82, 2.24) is 24.1 Å². The Morgan fingerprint density at radius 3 is 2.96 bits per heavy atom. The Bertz CT molecular complexity index is 1140. The summed E-state index contributed by atoms with van der Waals surface area (Å²) in [5.74, 6) is 0.863. The van der Waals surface area contributed by atoms with Crippen LogP contribution >= 0.6 is 0 Å². The summed E-state index contributed by atoms with van der Waals surface area (Å²) in [5.41, 5.74) is 9.07. The number of nitrogens with zero attached hydrogens (tertiary/aromatic N) is 5. The van der Waals surface area contributed by atoms with Gasteiger partial charge < -0.3 is 14.9 Å². The minimum Gasteiger partial charge on any atom is -0.391 e. The zero-order valence-electron chi connectivity index (χ0n) is 13.9. The van der Waals surface area contributed by atoms with Gasteiger partial charge in [0.2, 0.25) is 5.88 Å². The number of imidazole rings is 1. The number of aromatic nitrogens is 5. The van der Waals surface area contributed by atoms with Gasteiger partial charge in [0, 0.05) is 18.6 Å². The fourth-order valence-electron chi connectivity index (χ4n) is 3.23. The van der Waals surface area contributed by atoms with Crippen molar-refractivity contribution in [1.29, 1.82) is 0 Å². The van der Waals surface area contributed by atoms with Crippen LogP contribution < -0.4 is 10.5 Å². The maximum atomic E-state index is 11.0. The third-order valence-electron chi connectivity index (χ3n) is 4.62. The van der Waals surface area contributed by atoms with Crippen molar-refractivity contribution >= 4 is 22.6 Å². The number of carbonyl (C=O) groups excluding carboxylic acids is 1. The Balaban J connectivity index is 1.49. The topological polar surface area (TPSA) is 100 Å². The van der Waals surface area contributed by atoms with Crippen LogP contribution in [-0.2, 0) is 6.54 Å². The van der Waals surface area contributed by atoms with Gasteiger partial charge in [-0.25, -0.2) is 14.8 Å². The monoisotopic (exact) mass is 348 g/mol. The lowest BCUT2D eigenvalue weighted by Crippen LogP contribution is -2.17. The number of rotatable bonds is 4. The van der Waals surface area contributed by atoms with Gasteiger partial charge in [-0.05, 0) is 36.5 Å². The van der Waals surface area contributed by atoms with Gasteiger partial charge in [-0.3, -0.25) is 4.68 Å². The van der Waals surface area contributed by atoms with E-state index in [9.17, 15) is 4.79 Å². The lowest BCUT2D eigenvalue weighted by molar-refractivity contribution is 0.209. The molecule has 4 heterocycles. The first-order valence-electron chi connectivity index (χ1n) is 8.43. The molecule has 2 N–H and O–H groups in total. The van der Waals surface area contributed by atoms with E-state index in [0.717, 1.165) is 16.9 Å². The number of amides is 1. The zero-order chi connectivity index (χ0) is 17.7. The summed E-state index contributed by atoms with van der Waals surface area (Å²) in [4.78, 5) is 19.7. The normalized spacial score (nSPS) is 14.2. The molecule has 130 valence electrons. The second-order valence-corrected chi connectivity index (χ2v) is 6.51. The molecule has 0 bridgehead atoms. The molecular formula is C18H16N6O2. The minimum absolute atomic E-state index is 0.158. The summed E-state index contributed by atoms with van der Waals surface area (Å²) in [5, 5.41) is 5.01. The largest absolute Gasteiger partial charge is 0.411 e. The van der Waals surface area contributed by atoms with Gasteiger partial charge in [0.25, 0.3) is 0 Å². The highest BCUT2D eigenvalue weighted by atomic mass is 16.6. The van der Waals surface area contributed by atoms with Crippen LogP contribution in [0.2, 0.25) is 0 Å². The van der Waals surface area contributed by atoms with Gasteiger partial charge in [-0.15, -0.1) is 0 Å². The summed E-state index contributed by atoms with van der Waals surface area (Å²) in [6.45, 7) is 0.504. The number of primary amides is 1. The Morgan fingerprint density at radius 2 is 2.15 bits per heavy atom. The molecule has 0 saturated heterocycles. The van der Waals surface area contributed by atoms with E-state index < -0.39 is 6.09 Å². The Labute approximate surface area is 148 Å². The SMILES string of the molecule is NC(=O)Oc1nccc2c1cnn2Cc1cn2cc(C3CC3)ccc2n1. The third kappa shape index (κ3) is 2.55. The second-order valence-electron chi connectivity index (χ2n) is 6.51. The molecule has 1 amide bonds. The van der Waals surface area contributed by atoms with E-state index in [4.69, 9.17) is 10.5 Å². The molecule has 1 aliphatic carbocycles. The molecule has 1 fully saturated rings. The predicted molar refractivity (Wildman–Crippen MR) is 94.0 cm³/mol. The molecule has 0 radical (unpaired) electrons. The summed E-state index contributed by atoms with van der Waals surface area (Å²) < 4.78 is 8.80. The van der Waals surface area contributed by atoms with Crippen LogP contribution in [0.15, 0.2) is 43.0 Å². The Hall–Kier alpha value is -3.42. The number of ether oxygens (including phenoxy) is 1. The molecule has 4 aromatic rings. The van der Waals surface area contributed by atoms with Crippen LogP contribution in [0.1, 0.15) is 30.0 Å². The summed E-state index contributed by atoms with van der Waals surface area (Å²) in [6.07, 6.45) is 9.01. The van der Waals surface area contributed by atoms with Crippen molar-refractivity contribution in [3.8, 4) is 5.88 Å². The van der Waals surface area contributed by atoms with Gasteiger partial charge in [-0.1, -0.05) is 6.07 Å². The average Bonchev–Trinajstić information content (AvgIpc) is 3.27. The summed E-state index contributed by atoms with van der Waals surface area (Å²) >= 11 is 0. The fraction of sp³-hybridized carbons (Fsp3) is 0.222. The molecule has 26 heavy (non-hydrogen) atoms. The van der Waals surface area contributed by atoms with Crippen molar-refractivity contribution in [2.45, 2.75) is 25.3 Å². The molecule has 8 nitrogen and oxygen atoms in total. The van der Waals surface area contributed by atoms with Crippen LogP contribution in [0, 0.1) is 0 Å². The van der Waals surface area contributed by atoms with E-state index in [1.165, 1.54) is 18.4 Å². The van der Waals surface area contributed by atoms with Crippen LogP contribution in [0.25, 0.3) is 16.6 Å². The summed E-state index contributed by atoms with van der Waals surface area (Å²) in [6, 6.07) is 6.03. The predicted octanol–water partition coefficient (Wildman–Crippen LogP) is 2.46. The molecule has 0 aliphatic heterocycles. The highest BCUT2D eigenvalue weighted by Gasteiger charge is 2.23. The maximum Gasteiger partial charge on any atom is 0.411 e. The van der Waals surface area contributed by atoms with Gasteiger partial charge >= 0.3 is 6.09 Å². The van der Waals surface area contributed by atoms with Crippen molar-refractivity contribution in [2.24, 2.45) is 5.73 Å². The second kappa shape index (κ2) is 5.55. The molecule has 1 saturated carbocycles. The van der Waals surface area contributed by atoms with E-state index in [1.54, 1.807) is 17.1 Å². The van der Waals surface area contributed by atoms with Crippen LogP contribution in [0.4, 0.5) is 4.79 Å². The first-order valence-corrected chi connectivity index (χ1v) is 8.43. The lowest BCUT2D eigenvalue weighted by atomic mass is 10.2. The molecule has 0 unspecified atom stereocenters. The highest BCUT2D eigenvalue weighted by molar-refractivity contribution is 5.85. The number of pyridine rings is 2. The number of carbonyl (C=O) groups is 1. The van der Waals surface area contributed by atoms with Gasteiger partial charge in [0.05, 0.1) is 29.3 Å². The fourth-order valence-corrected chi connectivity index (χ4v) is 3.23. The van der Waals surface area contributed by atoms with Gasteiger partial charge in [-0.2, -0.15) is 5.10 Å². The molecule has 5 rings (SSSR count). The first-order chi connectivity index (χ1) is 12.7. The molecule has 4 aromatic heterocycles. The van der Waals surface area contributed by atoms with E-state index in [-0.39, 0.29) is 5.88 Å².